The van der Waals surface area contributed by atoms with Gasteiger partial charge < -0.3 is 14.2 Å². The minimum Gasteiger partial charge on any atom is -0.462 e. The van der Waals surface area contributed by atoms with Gasteiger partial charge in [-0.1, -0.05) is 291 Å². The quantitative estimate of drug-likeness (QED) is 0.0344. The van der Waals surface area contributed by atoms with Crippen molar-refractivity contribution in [1.82, 2.24) is 0 Å². The first-order valence-corrected chi connectivity index (χ1v) is 29.2. The molecule has 0 N–H and O–H groups in total. The second-order valence-electron chi connectivity index (χ2n) is 21.2. The first-order chi connectivity index (χ1) is 31.7. The molecular weight excluding hydrogens is 805 g/mol. The van der Waals surface area contributed by atoms with Gasteiger partial charge >= 0.3 is 17.9 Å². The Labute approximate surface area is 406 Å². The van der Waals surface area contributed by atoms with Gasteiger partial charge in [0.2, 0.25) is 0 Å². The van der Waals surface area contributed by atoms with E-state index in [2.05, 4.69) is 34.6 Å². The number of carbonyl (C=O) groups excluding carboxylic acids is 3. The summed E-state index contributed by atoms with van der Waals surface area (Å²) in [6, 6.07) is 0. The molecule has 0 aliphatic rings. The van der Waals surface area contributed by atoms with Gasteiger partial charge in [0.15, 0.2) is 6.10 Å². The number of esters is 3. The summed E-state index contributed by atoms with van der Waals surface area (Å²) in [6.45, 7) is 11.4. The summed E-state index contributed by atoms with van der Waals surface area (Å²) < 4.78 is 16.9. The van der Waals surface area contributed by atoms with Crippen molar-refractivity contribution in [2.75, 3.05) is 13.2 Å². The fourth-order valence-corrected chi connectivity index (χ4v) is 9.05. The average molecular weight is 920 g/mol. The van der Waals surface area contributed by atoms with Crippen LogP contribution in [-0.4, -0.2) is 37.2 Å². The van der Waals surface area contributed by atoms with E-state index in [1.54, 1.807) is 0 Å². The predicted molar refractivity (Wildman–Crippen MR) is 280 cm³/mol. The van der Waals surface area contributed by atoms with Crippen molar-refractivity contribution < 1.29 is 28.6 Å². The lowest BCUT2D eigenvalue weighted by atomic mass is 10.0. The Kier molecular flexibility index (Phi) is 50.5. The monoisotopic (exact) mass is 919 g/mol. The van der Waals surface area contributed by atoms with E-state index in [0.29, 0.717) is 19.3 Å². The van der Waals surface area contributed by atoms with E-state index in [1.807, 2.05) is 0 Å². The molecule has 0 aliphatic heterocycles. The fourth-order valence-electron chi connectivity index (χ4n) is 9.05. The zero-order valence-electron chi connectivity index (χ0n) is 44.6. The summed E-state index contributed by atoms with van der Waals surface area (Å²) in [5.41, 5.74) is 0. The van der Waals surface area contributed by atoms with E-state index in [0.717, 1.165) is 69.6 Å². The highest BCUT2D eigenvalue weighted by atomic mass is 16.6. The van der Waals surface area contributed by atoms with Crippen LogP contribution in [0.5, 0.6) is 0 Å². The molecule has 0 radical (unpaired) electrons. The molecule has 1 atom stereocenters. The molecule has 0 saturated heterocycles. The van der Waals surface area contributed by atoms with Crippen LogP contribution < -0.4 is 0 Å². The lowest BCUT2D eigenvalue weighted by Gasteiger charge is -2.18. The number of unbranched alkanes of at least 4 members (excludes halogenated alkanes) is 38. The maximum Gasteiger partial charge on any atom is 0.306 e. The smallest absolute Gasteiger partial charge is 0.306 e. The minimum absolute atomic E-state index is 0.0627. The van der Waals surface area contributed by atoms with E-state index in [-0.39, 0.29) is 31.1 Å². The summed E-state index contributed by atoms with van der Waals surface area (Å²) in [6.07, 6.45) is 55.2. The van der Waals surface area contributed by atoms with Gasteiger partial charge in [-0.25, -0.2) is 0 Å². The Bertz CT molecular complexity index is 993. The first-order valence-electron chi connectivity index (χ1n) is 29.2. The number of hydrogen-bond acceptors (Lipinski definition) is 6. The summed E-state index contributed by atoms with van der Waals surface area (Å²) >= 11 is 0. The van der Waals surface area contributed by atoms with Crippen LogP contribution in [0, 0.1) is 11.8 Å². The van der Waals surface area contributed by atoms with Gasteiger partial charge in [0.25, 0.3) is 0 Å². The standard InChI is InChI=1S/C59H114O6/c1-6-7-8-9-10-11-12-13-14-15-16-21-24-31-36-41-46-51-59(62)65-56(53-64-58(61)50-45-40-35-30-26-25-28-33-38-43-48-55(4)5)52-63-57(60)49-44-39-34-29-23-20-18-17-19-22-27-32-37-42-47-54(2)3/h54-56H,6-53H2,1-5H3/t56-/m1/s1. The SMILES string of the molecule is CCCCCCCCCCCCCCCCCCCC(=O)O[C@H](COC(=O)CCCCCCCCCCCCCCCCC(C)C)COC(=O)CCCCCCCCCCCCC(C)C. The van der Waals surface area contributed by atoms with Crippen LogP contribution >= 0.6 is 0 Å². The third-order valence-corrected chi connectivity index (χ3v) is 13.5. The molecule has 6 nitrogen and oxygen atoms in total. The van der Waals surface area contributed by atoms with E-state index >= 15 is 0 Å². The Balaban J connectivity index is 4.29. The number of carbonyl (C=O) groups is 3. The zero-order valence-corrected chi connectivity index (χ0v) is 44.6. The second-order valence-corrected chi connectivity index (χ2v) is 21.2. The van der Waals surface area contributed by atoms with E-state index in [9.17, 15) is 14.4 Å². The van der Waals surface area contributed by atoms with Crippen molar-refractivity contribution in [3.8, 4) is 0 Å². The summed E-state index contributed by atoms with van der Waals surface area (Å²) in [7, 11) is 0. The topological polar surface area (TPSA) is 78.9 Å². The van der Waals surface area contributed by atoms with E-state index in [4.69, 9.17) is 14.2 Å². The largest absolute Gasteiger partial charge is 0.462 e. The third kappa shape index (κ3) is 53.2. The van der Waals surface area contributed by atoms with Crippen molar-refractivity contribution in [1.29, 1.82) is 0 Å². The molecule has 6 heteroatoms. The van der Waals surface area contributed by atoms with Crippen LogP contribution in [-0.2, 0) is 28.6 Å². The molecule has 0 amide bonds. The fraction of sp³-hybridized carbons (Fsp3) is 0.949. The molecule has 0 saturated carbocycles. The van der Waals surface area contributed by atoms with Crippen LogP contribution in [0.1, 0.15) is 330 Å². The predicted octanol–water partition coefficient (Wildman–Crippen LogP) is 19.3. The van der Waals surface area contributed by atoms with Crippen molar-refractivity contribution in [3.05, 3.63) is 0 Å². The second kappa shape index (κ2) is 51.8. The third-order valence-electron chi connectivity index (χ3n) is 13.5. The zero-order chi connectivity index (χ0) is 47.5. The number of rotatable bonds is 53. The highest BCUT2D eigenvalue weighted by Gasteiger charge is 2.19. The Morgan fingerprint density at radius 2 is 0.508 bits per heavy atom. The van der Waals surface area contributed by atoms with Gasteiger partial charge in [-0.2, -0.15) is 0 Å². The lowest BCUT2D eigenvalue weighted by molar-refractivity contribution is -0.167. The van der Waals surface area contributed by atoms with Gasteiger partial charge in [0.05, 0.1) is 0 Å². The van der Waals surface area contributed by atoms with Gasteiger partial charge in [-0.15, -0.1) is 0 Å². The van der Waals surface area contributed by atoms with Crippen LogP contribution in [0.2, 0.25) is 0 Å². The molecule has 0 aromatic carbocycles. The Hall–Kier alpha value is -1.59. The van der Waals surface area contributed by atoms with Gasteiger partial charge in [-0.3, -0.25) is 14.4 Å². The molecule has 0 bridgehead atoms. The van der Waals surface area contributed by atoms with E-state index < -0.39 is 6.10 Å². The molecule has 65 heavy (non-hydrogen) atoms. The Morgan fingerprint density at radius 3 is 0.754 bits per heavy atom. The maximum absolute atomic E-state index is 12.9. The molecule has 0 aromatic rings. The van der Waals surface area contributed by atoms with Crippen molar-refractivity contribution >= 4 is 17.9 Å². The van der Waals surface area contributed by atoms with Crippen molar-refractivity contribution in [2.24, 2.45) is 11.8 Å². The molecule has 0 aromatic heterocycles. The molecule has 0 fully saturated rings. The highest BCUT2D eigenvalue weighted by Crippen LogP contribution is 2.18. The number of hydrogen-bond donors (Lipinski definition) is 0. The average Bonchev–Trinajstić information content (AvgIpc) is 3.28. The van der Waals surface area contributed by atoms with Gasteiger partial charge in [-0.05, 0) is 31.1 Å². The van der Waals surface area contributed by atoms with Gasteiger partial charge in [0, 0.05) is 19.3 Å². The summed E-state index contributed by atoms with van der Waals surface area (Å²) in [4.78, 5) is 38.1. The van der Waals surface area contributed by atoms with Gasteiger partial charge in [0.1, 0.15) is 13.2 Å². The van der Waals surface area contributed by atoms with Crippen LogP contribution in [0.15, 0.2) is 0 Å². The molecule has 0 rings (SSSR count). The summed E-state index contributed by atoms with van der Waals surface area (Å²) in [5, 5.41) is 0. The molecule has 0 spiro atoms. The maximum atomic E-state index is 12.9. The molecule has 0 unspecified atom stereocenters. The van der Waals surface area contributed by atoms with Crippen molar-refractivity contribution in [3.63, 3.8) is 0 Å². The van der Waals surface area contributed by atoms with Crippen molar-refractivity contribution in [2.45, 2.75) is 336 Å². The first kappa shape index (κ1) is 63.4. The normalized spacial score (nSPS) is 12.0. The van der Waals surface area contributed by atoms with Crippen LogP contribution in [0.3, 0.4) is 0 Å². The highest BCUT2D eigenvalue weighted by molar-refractivity contribution is 5.71. The Morgan fingerprint density at radius 1 is 0.292 bits per heavy atom. The van der Waals surface area contributed by atoms with Crippen LogP contribution in [0.25, 0.3) is 0 Å². The molecular formula is C59H114O6. The lowest BCUT2D eigenvalue weighted by Crippen LogP contribution is -2.30. The molecule has 0 heterocycles. The van der Waals surface area contributed by atoms with Crippen LogP contribution in [0.4, 0.5) is 0 Å². The number of ether oxygens (including phenoxy) is 3. The molecule has 386 valence electrons. The molecule has 0 aliphatic carbocycles. The van der Waals surface area contributed by atoms with E-state index in [1.165, 1.54) is 218 Å². The minimum atomic E-state index is -0.763. The summed E-state index contributed by atoms with van der Waals surface area (Å²) in [5.74, 6) is 0.824.